The van der Waals surface area contributed by atoms with E-state index in [2.05, 4.69) is 17.2 Å². The smallest absolute Gasteiger partial charge is 0.361 e. The molecule has 0 unspecified atom stereocenters. The van der Waals surface area contributed by atoms with Crippen LogP contribution in [0.3, 0.4) is 0 Å². The molecular formula is C22H22N2O4. The zero-order valence-corrected chi connectivity index (χ0v) is 16.1. The lowest BCUT2D eigenvalue weighted by atomic mass is 10.1. The van der Waals surface area contributed by atoms with Crippen molar-refractivity contribution in [3.8, 4) is 11.5 Å². The third-order valence-corrected chi connectivity index (χ3v) is 4.29. The maximum atomic E-state index is 12.4. The largest absolute Gasteiger partial charge is 0.448 e. The first-order chi connectivity index (χ1) is 13.5. The molecule has 0 fully saturated rings. The van der Waals surface area contributed by atoms with Gasteiger partial charge in [0.25, 0.3) is 5.91 Å². The van der Waals surface area contributed by atoms with E-state index >= 15 is 0 Å². The lowest BCUT2D eigenvalue weighted by Crippen LogP contribution is -2.30. The Morgan fingerprint density at radius 3 is 2.43 bits per heavy atom. The number of ether oxygens (including phenoxy) is 1. The van der Waals surface area contributed by atoms with Crippen molar-refractivity contribution in [3.05, 3.63) is 71.6 Å². The third-order valence-electron chi connectivity index (χ3n) is 4.29. The minimum absolute atomic E-state index is 0.0609. The number of nitrogens with one attached hydrogen (secondary N) is 1. The summed E-state index contributed by atoms with van der Waals surface area (Å²) in [5, 5.41) is 2.74. The quantitative estimate of drug-likeness (QED) is 0.643. The highest BCUT2D eigenvalue weighted by molar-refractivity contribution is 5.97. The van der Waals surface area contributed by atoms with Crippen molar-refractivity contribution in [1.82, 2.24) is 4.98 Å². The lowest BCUT2D eigenvalue weighted by molar-refractivity contribution is -0.123. The van der Waals surface area contributed by atoms with Crippen LogP contribution in [0.15, 0.2) is 59.0 Å². The SMILES string of the molecule is CCc1ccc(NC(=O)[C@@H](C)OC(=O)c2nc(-c3ccccc3)oc2C)cc1. The number of hydrogen-bond acceptors (Lipinski definition) is 5. The molecule has 1 atom stereocenters. The Bertz CT molecular complexity index is 962. The lowest BCUT2D eigenvalue weighted by Gasteiger charge is -2.13. The maximum absolute atomic E-state index is 12.4. The summed E-state index contributed by atoms with van der Waals surface area (Å²) in [7, 11) is 0. The number of amides is 1. The first kappa shape index (κ1) is 19.4. The zero-order valence-electron chi connectivity index (χ0n) is 16.1. The van der Waals surface area contributed by atoms with Crippen LogP contribution in [-0.4, -0.2) is 23.0 Å². The van der Waals surface area contributed by atoms with Crippen LogP contribution in [0.1, 0.15) is 35.7 Å². The van der Waals surface area contributed by atoms with E-state index in [-0.39, 0.29) is 5.69 Å². The van der Waals surface area contributed by atoms with Crippen molar-refractivity contribution in [2.75, 3.05) is 5.32 Å². The van der Waals surface area contributed by atoms with Crippen LogP contribution < -0.4 is 5.32 Å². The predicted molar refractivity (Wildman–Crippen MR) is 106 cm³/mol. The van der Waals surface area contributed by atoms with Crippen molar-refractivity contribution in [1.29, 1.82) is 0 Å². The fraction of sp³-hybridized carbons (Fsp3) is 0.227. The summed E-state index contributed by atoms with van der Waals surface area (Å²) >= 11 is 0. The summed E-state index contributed by atoms with van der Waals surface area (Å²) in [5.74, 6) is -0.445. The van der Waals surface area contributed by atoms with Gasteiger partial charge < -0.3 is 14.5 Å². The molecular weight excluding hydrogens is 356 g/mol. The fourth-order valence-corrected chi connectivity index (χ4v) is 2.63. The Kier molecular flexibility index (Phi) is 5.89. The first-order valence-electron chi connectivity index (χ1n) is 9.11. The number of oxazole rings is 1. The summed E-state index contributed by atoms with van der Waals surface area (Å²) in [4.78, 5) is 29.0. The molecule has 3 rings (SSSR count). The third kappa shape index (κ3) is 4.46. The van der Waals surface area contributed by atoms with E-state index in [4.69, 9.17) is 9.15 Å². The number of rotatable bonds is 6. The second-order valence-corrected chi connectivity index (χ2v) is 6.38. The number of benzene rings is 2. The summed E-state index contributed by atoms with van der Waals surface area (Å²) < 4.78 is 10.8. The molecule has 0 radical (unpaired) electrons. The topological polar surface area (TPSA) is 81.4 Å². The van der Waals surface area contributed by atoms with Gasteiger partial charge in [-0.05, 0) is 50.1 Å². The summed E-state index contributed by atoms with van der Waals surface area (Å²) in [5.41, 5.74) is 2.64. The molecule has 144 valence electrons. The van der Waals surface area contributed by atoms with Gasteiger partial charge in [-0.2, -0.15) is 0 Å². The Labute approximate surface area is 163 Å². The molecule has 1 N–H and O–H groups in total. The molecule has 0 aliphatic rings. The molecule has 0 aliphatic carbocycles. The van der Waals surface area contributed by atoms with E-state index < -0.39 is 18.0 Å². The van der Waals surface area contributed by atoms with E-state index in [1.54, 1.807) is 6.92 Å². The molecule has 2 aromatic carbocycles. The van der Waals surface area contributed by atoms with Gasteiger partial charge in [-0.25, -0.2) is 9.78 Å². The molecule has 28 heavy (non-hydrogen) atoms. The minimum atomic E-state index is -0.977. The standard InChI is InChI=1S/C22H22N2O4/c1-4-16-10-12-18(13-11-16)23-20(25)15(3)28-22(26)19-14(2)27-21(24-19)17-8-6-5-7-9-17/h5-13,15H,4H2,1-3H3,(H,23,25)/t15-/m1/s1. The predicted octanol–water partition coefficient (Wildman–Crippen LogP) is 4.40. The molecule has 0 saturated heterocycles. The van der Waals surface area contributed by atoms with Gasteiger partial charge in [0.1, 0.15) is 5.76 Å². The van der Waals surface area contributed by atoms with Gasteiger partial charge in [-0.3, -0.25) is 4.79 Å². The van der Waals surface area contributed by atoms with Crippen LogP contribution in [0.4, 0.5) is 5.69 Å². The average Bonchev–Trinajstić information content (AvgIpc) is 3.11. The van der Waals surface area contributed by atoms with Gasteiger partial charge in [0.05, 0.1) is 0 Å². The van der Waals surface area contributed by atoms with Crippen LogP contribution >= 0.6 is 0 Å². The van der Waals surface area contributed by atoms with Gasteiger partial charge in [0.15, 0.2) is 11.8 Å². The number of esters is 1. The number of aromatic nitrogens is 1. The summed E-state index contributed by atoms with van der Waals surface area (Å²) in [6.07, 6.45) is -0.0563. The number of anilines is 1. The van der Waals surface area contributed by atoms with Crippen LogP contribution in [0.5, 0.6) is 0 Å². The van der Waals surface area contributed by atoms with Gasteiger partial charge in [0, 0.05) is 11.3 Å². The van der Waals surface area contributed by atoms with E-state index in [0.29, 0.717) is 17.3 Å². The second kappa shape index (κ2) is 8.52. The monoisotopic (exact) mass is 378 g/mol. The van der Waals surface area contributed by atoms with E-state index in [1.807, 2.05) is 54.6 Å². The van der Waals surface area contributed by atoms with Gasteiger partial charge in [-0.1, -0.05) is 37.3 Å². The number of aryl methyl sites for hydroxylation is 2. The second-order valence-electron chi connectivity index (χ2n) is 6.38. The highest BCUT2D eigenvalue weighted by atomic mass is 16.5. The average molecular weight is 378 g/mol. The normalized spacial score (nSPS) is 11.7. The molecule has 0 aliphatic heterocycles. The zero-order chi connectivity index (χ0) is 20.1. The van der Waals surface area contributed by atoms with Crippen molar-refractivity contribution in [2.45, 2.75) is 33.3 Å². The Balaban J connectivity index is 1.65. The molecule has 3 aromatic rings. The number of nitrogens with zero attached hydrogens (tertiary/aromatic N) is 1. The molecule has 0 bridgehead atoms. The summed E-state index contributed by atoms with van der Waals surface area (Å²) in [6.45, 7) is 5.21. The van der Waals surface area contributed by atoms with Crippen LogP contribution in [-0.2, 0) is 16.0 Å². The Morgan fingerprint density at radius 2 is 1.79 bits per heavy atom. The van der Waals surface area contributed by atoms with Gasteiger partial charge in [0.2, 0.25) is 5.89 Å². The highest BCUT2D eigenvalue weighted by Gasteiger charge is 2.24. The fourth-order valence-electron chi connectivity index (χ4n) is 2.63. The summed E-state index contributed by atoms with van der Waals surface area (Å²) in [6, 6.07) is 16.8. The van der Waals surface area contributed by atoms with Gasteiger partial charge in [-0.15, -0.1) is 0 Å². The Morgan fingerprint density at radius 1 is 1.11 bits per heavy atom. The van der Waals surface area contributed by atoms with E-state index in [0.717, 1.165) is 12.0 Å². The van der Waals surface area contributed by atoms with Crippen molar-refractivity contribution >= 4 is 17.6 Å². The van der Waals surface area contributed by atoms with Crippen molar-refractivity contribution in [2.24, 2.45) is 0 Å². The van der Waals surface area contributed by atoms with E-state index in [1.165, 1.54) is 12.5 Å². The molecule has 1 amide bonds. The molecule has 6 nitrogen and oxygen atoms in total. The molecule has 1 aromatic heterocycles. The molecule has 0 spiro atoms. The van der Waals surface area contributed by atoms with Crippen LogP contribution in [0.25, 0.3) is 11.5 Å². The molecule has 0 saturated carbocycles. The van der Waals surface area contributed by atoms with Crippen molar-refractivity contribution in [3.63, 3.8) is 0 Å². The van der Waals surface area contributed by atoms with Crippen LogP contribution in [0, 0.1) is 6.92 Å². The highest BCUT2D eigenvalue weighted by Crippen LogP contribution is 2.22. The number of carbonyl (C=O) groups is 2. The van der Waals surface area contributed by atoms with E-state index in [9.17, 15) is 9.59 Å². The molecule has 1 heterocycles. The maximum Gasteiger partial charge on any atom is 0.361 e. The van der Waals surface area contributed by atoms with Crippen LogP contribution in [0.2, 0.25) is 0 Å². The Hall–Kier alpha value is -3.41. The van der Waals surface area contributed by atoms with Crippen molar-refractivity contribution < 1.29 is 18.7 Å². The molecule has 6 heteroatoms. The van der Waals surface area contributed by atoms with Gasteiger partial charge >= 0.3 is 5.97 Å². The first-order valence-corrected chi connectivity index (χ1v) is 9.11. The number of carbonyl (C=O) groups excluding carboxylic acids is 2. The number of hydrogen-bond donors (Lipinski definition) is 1. The minimum Gasteiger partial charge on any atom is -0.448 e.